The van der Waals surface area contributed by atoms with Gasteiger partial charge in [-0.1, -0.05) is 29.6 Å². The lowest BCUT2D eigenvalue weighted by atomic mass is 9.89. The van der Waals surface area contributed by atoms with E-state index in [1.165, 1.54) is 5.57 Å². The average Bonchev–Trinajstić information content (AvgIpc) is 2.48. The fraction of sp³-hybridized carbons (Fsp3) is 0.263. The molecule has 0 spiro atoms. The van der Waals surface area contributed by atoms with E-state index < -0.39 is 0 Å². The molecule has 23 heavy (non-hydrogen) atoms. The van der Waals surface area contributed by atoms with E-state index in [2.05, 4.69) is 55.0 Å². The van der Waals surface area contributed by atoms with Crippen LogP contribution in [0, 0.1) is 6.92 Å². The number of hydrogen-bond donors (Lipinski definition) is 1. The number of ether oxygens (including phenoxy) is 1. The Bertz CT molecular complexity index is 783. The maximum Gasteiger partial charge on any atom is 0.130 e. The fourth-order valence-electron chi connectivity index (χ4n) is 2.80. The lowest BCUT2D eigenvalue weighted by Crippen LogP contribution is -2.29. The van der Waals surface area contributed by atoms with E-state index in [1.807, 2.05) is 19.2 Å². The molecule has 4 heteroatoms. The lowest BCUT2D eigenvalue weighted by molar-refractivity contribution is 0.158. The Morgan fingerprint density at radius 2 is 1.91 bits per heavy atom. The minimum atomic E-state index is -0.353. The molecule has 0 fully saturated rings. The molecule has 2 nitrogen and oxygen atoms in total. The van der Waals surface area contributed by atoms with Crippen molar-refractivity contribution in [3.8, 4) is 5.75 Å². The van der Waals surface area contributed by atoms with Crippen molar-refractivity contribution in [3.05, 3.63) is 64.2 Å². The molecular weight excluding hydrogens is 326 g/mol. The Morgan fingerprint density at radius 3 is 2.61 bits per heavy atom. The average molecular weight is 346 g/mol. The van der Waals surface area contributed by atoms with Crippen LogP contribution < -0.4 is 9.46 Å². The van der Waals surface area contributed by atoms with Crippen LogP contribution in [0.25, 0.3) is 5.57 Å². The predicted octanol–water partition coefficient (Wildman–Crippen LogP) is 5.94. The van der Waals surface area contributed by atoms with E-state index in [9.17, 15) is 0 Å². The zero-order valence-electron chi connectivity index (χ0n) is 13.7. The second-order valence-electron chi connectivity index (χ2n) is 6.24. The Balaban J connectivity index is 2.12. The Labute approximate surface area is 147 Å². The maximum absolute atomic E-state index is 6.18. The Kier molecular flexibility index (Phi) is 4.35. The number of halogens is 1. The molecule has 0 saturated heterocycles. The molecule has 0 aromatic heterocycles. The van der Waals surface area contributed by atoms with Crippen molar-refractivity contribution in [1.29, 1.82) is 0 Å². The van der Waals surface area contributed by atoms with Crippen LogP contribution in [0.4, 0.5) is 5.69 Å². The van der Waals surface area contributed by atoms with Crippen LogP contribution >= 0.6 is 23.5 Å². The minimum Gasteiger partial charge on any atom is -0.483 e. The zero-order valence-corrected chi connectivity index (χ0v) is 15.3. The Morgan fingerprint density at radius 1 is 1.13 bits per heavy atom. The molecule has 0 saturated carbocycles. The molecule has 0 unspecified atom stereocenters. The van der Waals surface area contributed by atoms with Gasteiger partial charge in [-0.25, -0.2) is 0 Å². The number of rotatable bonds is 3. The number of aryl methyl sites for hydroxylation is 1. The molecular formula is C19H20ClNOS. The number of nitrogens with one attached hydrogen (secondary N) is 1. The predicted molar refractivity (Wildman–Crippen MR) is 102 cm³/mol. The van der Waals surface area contributed by atoms with Crippen LogP contribution in [0.3, 0.4) is 0 Å². The lowest BCUT2D eigenvalue weighted by Gasteiger charge is -2.31. The molecule has 0 atom stereocenters. The number of fused-ring (bicyclic) bond motifs is 1. The van der Waals surface area contributed by atoms with Crippen molar-refractivity contribution in [1.82, 2.24) is 0 Å². The van der Waals surface area contributed by atoms with Gasteiger partial charge in [0.2, 0.25) is 0 Å². The largest absolute Gasteiger partial charge is 0.483 e. The quantitative estimate of drug-likeness (QED) is 0.695. The maximum atomic E-state index is 6.18. The van der Waals surface area contributed by atoms with Gasteiger partial charge in [0.1, 0.15) is 11.4 Å². The third kappa shape index (κ3) is 3.36. The van der Waals surface area contributed by atoms with Crippen molar-refractivity contribution in [2.45, 2.75) is 26.4 Å². The first-order valence-corrected chi connectivity index (χ1v) is 9.12. The summed E-state index contributed by atoms with van der Waals surface area (Å²) in [5.41, 5.74) is 5.23. The standard InChI is InChI=1S/C19H20ClNOS/c1-12-9-13(5-8-17(12)20)16-11-19(2,3)22-18-10-14(21-23-4)6-7-15(16)18/h5-11,21H,1-4H3. The van der Waals surface area contributed by atoms with Crippen molar-refractivity contribution < 1.29 is 4.74 Å². The number of benzene rings is 2. The third-order valence-corrected chi connectivity index (χ3v) is 4.69. The Hall–Kier alpha value is -1.58. The molecule has 120 valence electrons. The third-order valence-electron chi connectivity index (χ3n) is 3.83. The van der Waals surface area contributed by atoms with Crippen molar-refractivity contribution in [3.63, 3.8) is 0 Å². The highest BCUT2D eigenvalue weighted by Gasteiger charge is 2.27. The topological polar surface area (TPSA) is 21.3 Å². The van der Waals surface area contributed by atoms with Gasteiger partial charge in [0.25, 0.3) is 0 Å². The normalized spacial score (nSPS) is 15.4. The van der Waals surface area contributed by atoms with Crippen molar-refractivity contribution in [2.24, 2.45) is 0 Å². The molecule has 0 aliphatic carbocycles. The summed E-state index contributed by atoms with van der Waals surface area (Å²) in [6, 6.07) is 12.4. The molecule has 1 N–H and O–H groups in total. The summed E-state index contributed by atoms with van der Waals surface area (Å²) in [6.07, 6.45) is 4.19. The summed E-state index contributed by atoms with van der Waals surface area (Å²) in [5.74, 6) is 0.902. The summed E-state index contributed by atoms with van der Waals surface area (Å²) in [7, 11) is 0. The molecule has 1 heterocycles. The van der Waals surface area contributed by atoms with Crippen LogP contribution in [-0.2, 0) is 0 Å². The van der Waals surface area contributed by atoms with Crippen LogP contribution in [-0.4, -0.2) is 11.9 Å². The van der Waals surface area contributed by atoms with E-state index in [0.717, 1.165) is 33.1 Å². The smallest absolute Gasteiger partial charge is 0.130 e. The molecule has 1 aliphatic heterocycles. The summed E-state index contributed by atoms with van der Waals surface area (Å²) >= 11 is 7.75. The second kappa shape index (κ2) is 6.14. The summed E-state index contributed by atoms with van der Waals surface area (Å²) in [5, 5.41) is 0.792. The van der Waals surface area contributed by atoms with Gasteiger partial charge in [-0.3, -0.25) is 0 Å². The van der Waals surface area contributed by atoms with Gasteiger partial charge in [0.15, 0.2) is 0 Å². The number of anilines is 1. The van der Waals surface area contributed by atoms with E-state index in [1.54, 1.807) is 11.9 Å². The highest BCUT2D eigenvalue weighted by atomic mass is 35.5. The fourth-order valence-corrected chi connectivity index (χ4v) is 3.28. The second-order valence-corrected chi connectivity index (χ2v) is 7.26. The molecule has 2 aromatic rings. The molecule has 2 aromatic carbocycles. The first kappa shape index (κ1) is 16.3. The highest BCUT2D eigenvalue weighted by molar-refractivity contribution is 7.99. The van der Waals surface area contributed by atoms with E-state index in [-0.39, 0.29) is 5.60 Å². The van der Waals surface area contributed by atoms with E-state index >= 15 is 0 Å². The van der Waals surface area contributed by atoms with Gasteiger partial charge in [-0.05, 0) is 67.8 Å². The molecule has 0 bridgehead atoms. The molecule has 3 rings (SSSR count). The SMILES string of the molecule is CSNc1ccc2c(c1)OC(C)(C)C=C2c1ccc(Cl)c(C)c1. The van der Waals surface area contributed by atoms with Crippen LogP contribution in [0.1, 0.15) is 30.5 Å². The highest BCUT2D eigenvalue weighted by Crippen LogP contribution is 2.41. The van der Waals surface area contributed by atoms with Crippen LogP contribution in [0.5, 0.6) is 5.75 Å². The summed E-state index contributed by atoms with van der Waals surface area (Å²) < 4.78 is 9.42. The van der Waals surface area contributed by atoms with E-state index in [4.69, 9.17) is 16.3 Å². The van der Waals surface area contributed by atoms with Gasteiger partial charge in [-0.2, -0.15) is 0 Å². The van der Waals surface area contributed by atoms with Gasteiger partial charge >= 0.3 is 0 Å². The monoisotopic (exact) mass is 345 g/mol. The van der Waals surface area contributed by atoms with Gasteiger partial charge in [0, 0.05) is 28.6 Å². The summed E-state index contributed by atoms with van der Waals surface area (Å²) in [6.45, 7) is 6.18. The molecule has 0 amide bonds. The van der Waals surface area contributed by atoms with Gasteiger partial charge < -0.3 is 9.46 Å². The first-order valence-electron chi connectivity index (χ1n) is 7.51. The van der Waals surface area contributed by atoms with Crippen molar-refractivity contribution in [2.75, 3.05) is 11.0 Å². The molecule has 0 radical (unpaired) electrons. The van der Waals surface area contributed by atoms with Crippen molar-refractivity contribution >= 4 is 34.8 Å². The van der Waals surface area contributed by atoms with Crippen LogP contribution in [0.15, 0.2) is 42.5 Å². The van der Waals surface area contributed by atoms with E-state index in [0.29, 0.717) is 0 Å². The molecule has 1 aliphatic rings. The van der Waals surface area contributed by atoms with Gasteiger partial charge in [0.05, 0.1) is 0 Å². The minimum absolute atomic E-state index is 0.353. The summed E-state index contributed by atoms with van der Waals surface area (Å²) in [4.78, 5) is 0. The van der Waals surface area contributed by atoms with Gasteiger partial charge in [-0.15, -0.1) is 0 Å². The zero-order chi connectivity index (χ0) is 16.6. The number of hydrogen-bond acceptors (Lipinski definition) is 3. The first-order chi connectivity index (χ1) is 10.9. The van der Waals surface area contributed by atoms with Crippen LogP contribution in [0.2, 0.25) is 5.02 Å².